The second-order valence-corrected chi connectivity index (χ2v) is 9.85. The van der Waals surface area contributed by atoms with E-state index >= 15 is 0 Å². The van der Waals surface area contributed by atoms with E-state index in [0.717, 1.165) is 0 Å². The van der Waals surface area contributed by atoms with Crippen LogP contribution >= 0.6 is 11.6 Å². The number of nitrogens with two attached hydrogens (primary N) is 1. The number of primary amides is 1. The van der Waals surface area contributed by atoms with Crippen LogP contribution in [-0.2, 0) is 19.6 Å². The van der Waals surface area contributed by atoms with Gasteiger partial charge in [0.15, 0.2) is 0 Å². The molecule has 10 heteroatoms. The van der Waals surface area contributed by atoms with Gasteiger partial charge in [-0.05, 0) is 43.9 Å². The predicted molar refractivity (Wildman–Crippen MR) is 108 cm³/mol. The summed E-state index contributed by atoms with van der Waals surface area (Å²) in [7, 11) is -2.30. The molecule has 1 aromatic rings. The highest BCUT2D eigenvalue weighted by molar-refractivity contribution is 7.89. The molecule has 2 N–H and O–H groups in total. The van der Waals surface area contributed by atoms with Crippen molar-refractivity contribution in [1.82, 2.24) is 9.21 Å². The van der Waals surface area contributed by atoms with Crippen LogP contribution in [0.3, 0.4) is 0 Å². The summed E-state index contributed by atoms with van der Waals surface area (Å²) in [5, 5.41) is 0.218. The number of benzene rings is 1. The fourth-order valence-corrected chi connectivity index (χ4v) is 5.83. The van der Waals surface area contributed by atoms with Gasteiger partial charge in [-0.3, -0.25) is 9.59 Å². The highest BCUT2D eigenvalue weighted by Gasteiger charge is 2.36. The molecule has 0 bridgehead atoms. The second kappa shape index (κ2) is 8.89. The van der Waals surface area contributed by atoms with E-state index in [1.807, 2.05) is 0 Å². The van der Waals surface area contributed by atoms with Crippen molar-refractivity contribution in [2.45, 2.75) is 30.6 Å². The van der Waals surface area contributed by atoms with Gasteiger partial charge in [-0.25, -0.2) is 8.42 Å². The third kappa shape index (κ3) is 4.67. The van der Waals surface area contributed by atoms with Gasteiger partial charge < -0.3 is 15.4 Å². The monoisotopic (exact) mass is 443 g/mol. The van der Waals surface area contributed by atoms with Crippen LogP contribution in [0.25, 0.3) is 0 Å². The van der Waals surface area contributed by atoms with Crippen molar-refractivity contribution in [3.8, 4) is 5.75 Å². The molecule has 2 amide bonds. The van der Waals surface area contributed by atoms with Gasteiger partial charge in [-0.1, -0.05) is 11.6 Å². The number of sulfonamides is 1. The number of hydrogen-bond acceptors (Lipinski definition) is 5. The van der Waals surface area contributed by atoms with E-state index in [1.54, 1.807) is 4.90 Å². The van der Waals surface area contributed by atoms with Gasteiger partial charge in [-0.15, -0.1) is 0 Å². The van der Waals surface area contributed by atoms with Crippen molar-refractivity contribution >= 4 is 33.4 Å². The molecule has 0 saturated carbocycles. The third-order valence-corrected chi connectivity index (χ3v) is 7.86. The maximum atomic E-state index is 13.1. The number of carbonyl (C=O) groups excluding carboxylic acids is 2. The van der Waals surface area contributed by atoms with Gasteiger partial charge in [0.1, 0.15) is 5.75 Å². The Bertz CT molecular complexity index is 884. The van der Waals surface area contributed by atoms with E-state index in [9.17, 15) is 18.0 Å². The van der Waals surface area contributed by atoms with Gasteiger partial charge in [0.2, 0.25) is 21.8 Å². The summed E-state index contributed by atoms with van der Waals surface area (Å²) in [5.74, 6) is -0.568. The number of piperidine rings is 2. The molecule has 2 aliphatic heterocycles. The normalized spacial score (nSPS) is 21.7. The number of amides is 2. The van der Waals surface area contributed by atoms with E-state index in [1.165, 1.54) is 29.6 Å². The summed E-state index contributed by atoms with van der Waals surface area (Å²) in [6, 6.07) is 4.35. The standard InChI is InChI=1S/C19H26ClN3O5S/c1-28-17-5-4-15(11-16(17)20)29(26,27)23-8-2-3-14(12-23)19(25)22-9-6-13(7-10-22)18(21)24/h4-5,11,13-14H,2-3,6-10,12H2,1H3,(H2,21,24)/t14-/m1/s1. The molecule has 2 aliphatic rings. The third-order valence-electron chi connectivity index (χ3n) is 5.70. The lowest BCUT2D eigenvalue weighted by molar-refractivity contribution is -0.139. The summed E-state index contributed by atoms with van der Waals surface area (Å²) in [4.78, 5) is 26.0. The number of nitrogens with zero attached hydrogens (tertiary/aromatic N) is 2. The second-order valence-electron chi connectivity index (χ2n) is 7.50. The highest BCUT2D eigenvalue weighted by atomic mass is 35.5. The van der Waals surface area contributed by atoms with Gasteiger partial charge >= 0.3 is 0 Å². The zero-order valence-electron chi connectivity index (χ0n) is 16.3. The van der Waals surface area contributed by atoms with Crippen LogP contribution in [0, 0.1) is 11.8 Å². The van der Waals surface area contributed by atoms with E-state index in [0.29, 0.717) is 51.1 Å². The first kappa shape index (κ1) is 21.9. The van der Waals surface area contributed by atoms with Crippen LogP contribution < -0.4 is 10.5 Å². The maximum Gasteiger partial charge on any atom is 0.243 e. The Hall–Kier alpha value is -1.84. The van der Waals surface area contributed by atoms with Gasteiger partial charge in [0, 0.05) is 32.1 Å². The molecule has 0 spiro atoms. The van der Waals surface area contributed by atoms with Crippen LogP contribution in [0.5, 0.6) is 5.75 Å². The predicted octanol–water partition coefficient (Wildman–Crippen LogP) is 1.47. The van der Waals surface area contributed by atoms with Crippen LogP contribution in [0.4, 0.5) is 0 Å². The molecular weight excluding hydrogens is 418 g/mol. The summed E-state index contributed by atoms with van der Waals surface area (Å²) >= 11 is 6.09. The Labute approximate surface area is 176 Å². The summed E-state index contributed by atoms with van der Waals surface area (Å²) in [6.07, 6.45) is 2.36. The molecule has 0 aliphatic carbocycles. The van der Waals surface area contributed by atoms with Crippen molar-refractivity contribution in [2.24, 2.45) is 17.6 Å². The summed E-state index contributed by atoms with van der Waals surface area (Å²) in [6.45, 7) is 1.45. The number of carbonyl (C=O) groups is 2. The molecule has 0 aromatic heterocycles. The maximum absolute atomic E-state index is 13.1. The molecule has 29 heavy (non-hydrogen) atoms. The Balaban J connectivity index is 1.69. The molecule has 2 heterocycles. The number of ether oxygens (including phenoxy) is 1. The SMILES string of the molecule is COc1ccc(S(=O)(=O)N2CCC[C@@H](C(=O)N3CCC(C(N)=O)CC3)C2)cc1Cl. The lowest BCUT2D eigenvalue weighted by Crippen LogP contribution is -2.49. The van der Waals surface area contributed by atoms with Crippen LogP contribution in [0.15, 0.2) is 23.1 Å². The zero-order valence-corrected chi connectivity index (χ0v) is 17.9. The molecule has 1 aromatic carbocycles. The van der Waals surface area contributed by atoms with Crippen molar-refractivity contribution < 1.29 is 22.7 Å². The Morgan fingerprint density at radius 3 is 2.41 bits per heavy atom. The van der Waals surface area contributed by atoms with Gasteiger partial charge in [0.05, 0.1) is 22.9 Å². The van der Waals surface area contributed by atoms with E-state index in [-0.39, 0.29) is 34.2 Å². The van der Waals surface area contributed by atoms with Crippen LogP contribution in [-0.4, -0.2) is 62.7 Å². The molecule has 0 unspecified atom stereocenters. The highest BCUT2D eigenvalue weighted by Crippen LogP contribution is 2.31. The molecule has 1 atom stereocenters. The average molecular weight is 444 g/mol. The number of methoxy groups -OCH3 is 1. The number of halogens is 1. The fourth-order valence-electron chi connectivity index (χ4n) is 3.96. The van der Waals surface area contributed by atoms with Gasteiger partial charge in [0.25, 0.3) is 0 Å². The lowest BCUT2D eigenvalue weighted by atomic mass is 9.93. The number of hydrogen-bond donors (Lipinski definition) is 1. The first-order valence-electron chi connectivity index (χ1n) is 9.66. The minimum absolute atomic E-state index is 0.0550. The van der Waals surface area contributed by atoms with Gasteiger partial charge in [-0.2, -0.15) is 4.31 Å². The minimum Gasteiger partial charge on any atom is -0.495 e. The summed E-state index contributed by atoms with van der Waals surface area (Å²) < 4.78 is 32.5. The molecule has 8 nitrogen and oxygen atoms in total. The van der Waals surface area contributed by atoms with E-state index in [2.05, 4.69) is 0 Å². The van der Waals surface area contributed by atoms with E-state index in [4.69, 9.17) is 22.1 Å². The van der Waals surface area contributed by atoms with Crippen molar-refractivity contribution in [3.63, 3.8) is 0 Å². The molecule has 160 valence electrons. The fraction of sp³-hybridized carbons (Fsp3) is 0.579. The van der Waals surface area contributed by atoms with Crippen molar-refractivity contribution in [2.75, 3.05) is 33.3 Å². The summed E-state index contributed by atoms with van der Waals surface area (Å²) in [5.41, 5.74) is 5.35. The minimum atomic E-state index is -3.77. The number of rotatable bonds is 5. The average Bonchev–Trinajstić information content (AvgIpc) is 2.73. The lowest BCUT2D eigenvalue weighted by Gasteiger charge is -2.37. The van der Waals surface area contributed by atoms with Crippen LogP contribution in [0.2, 0.25) is 5.02 Å². The molecular formula is C19H26ClN3O5S. The zero-order chi connectivity index (χ0) is 21.2. The Kier molecular flexibility index (Phi) is 6.70. The Morgan fingerprint density at radius 1 is 1.14 bits per heavy atom. The van der Waals surface area contributed by atoms with Crippen LogP contribution in [0.1, 0.15) is 25.7 Å². The Morgan fingerprint density at radius 2 is 1.83 bits per heavy atom. The quantitative estimate of drug-likeness (QED) is 0.740. The molecule has 2 saturated heterocycles. The first-order valence-corrected chi connectivity index (χ1v) is 11.5. The molecule has 0 radical (unpaired) electrons. The topological polar surface area (TPSA) is 110 Å². The van der Waals surface area contributed by atoms with Crippen molar-refractivity contribution in [1.29, 1.82) is 0 Å². The van der Waals surface area contributed by atoms with Crippen molar-refractivity contribution in [3.05, 3.63) is 23.2 Å². The smallest absolute Gasteiger partial charge is 0.243 e. The van der Waals surface area contributed by atoms with E-state index < -0.39 is 15.9 Å². The largest absolute Gasteiger partial charge is 0.495 e. The molecule has 3 rings (SSSR count). The first-order chi connectivity index (χ1) is 13.7. The molecule has 2 fully saturated rings. The number of likely N-dealkylation sites (tertiary alicyclic amines) is 1.